The van der Waals surface area contributed by atoms with Gasteiger partial charge in [0.15, 0.2) is 0 Å². The first kappa shape index (κ1) is 15.8. The van der Waals surface area contributed by atoms with Crippen LogP contribution in [0.4, 0.5) is 0 Å². The van der Waals surface area contributed by atoms with Gasteiger partial charge in [0.25, 0.3) is 0 Å². The van der Waals surface area contributed by atoms with Gasteiger partial charge >= 0.3 is 11.9 Å². The molecule has 0 rings (SSSR count). The number of nitrogens with one attached hydrogen (secondary N) is 1. The minimum atomic E-state index is -1.35. The summed E-state index contributed by atoms with van der Waals surface area (Å²) in [4.78, 5) is 32.4. The molecule has 0 aromatic heterocycles. The minimum absolute atomic E-state index is 0.156. The number of aliphatic carboxylic acids is 2. The van der Waals surface area contributed by atoms with E-state index >= 15 is 0 Å². The summed E-state index contributed by atoms with van der Waals surface area (Å²) in [6, 6.07) is -1.35. The zero-order valence-electron chi connectivity index (χ0n) is 9.64. The van der Waals surface area contributed by atoms with E-state index in [4.69, 9.17) is 10.2 Å². The zero-order chi connectivity index (χ0) is 13.3. The van der Waals surface area contributed by atoms with Crippen molar-refractivity contribution in [2.75, 3.05) is 11.5 Å². The maximum absolute atomic E-state index is 11.3. The molecule has 0 saturated carbocycles. The summed E-state index contributed by atoms with van der Waals surface area (Å²) in [5.74, 6) is -2.04. The van der Waals surface area contributed by atoms with Crippen molar-refractivity contribution in [2.45, 2.75) is 32.2 Å². The van der Waals surface area contributed by atoms with Gasteiger partial charge in [-0.25, -0.2) is 4.79 Å². The van der Waals surface area contributed by atoms with Gasteiger partial charge in [-0.1, -0.05) is 13.3 Å². The predicted molar refractivity (Wildman–Crippen MR) is 64.1 cm³/mol. The quantitative estimate of drug-likeness (QED) is 0.525. The van der Waals surface area contributed by atoms with E-state index in [2.05, 4.69) is 5.32 Å². The van der Waals surface area contributed by atoms with Gasteiger partial charge in [-0.3, -0.25) is 9.59 Å². The summed E-state index contributed by atoms with van der Waals surface area (Å²) in [7, 11) is 0. The highest BCUT2D eigenvalue weighted by Crippen LogP contribution is 2.04. The molecule has 0 spiro atoms. The smallest absolute Gasteiger partial charge is 0.326 e. The van der Waals surface area contributed by atoms with Gasteiger partial charge < -0.3 is 15.5 Å². The molecule has 0 aliphatic rings. The molecule has 1 atom stereocenters. The molecule has 3 N–H and O–H groups in total. The van der Waals surface area contributed by atoms with E-state index in [0.717, 1.165) is 18.6 Å². The number of amides is 1. The molecule has 98 valence electrons. The Balaban J connectivity index is 3.96. The Bertz CT molecular complexity index is 282. The number of hydrogen-bond donors (Lipinski definition) is 3. The second-order valence-corrected chi connectivity index (χ2v) is 4.57. The van der Waals surface area contributed by atoms with Crippen LogP contribution in [0.1, 0.15) is 26.2 Å². The van der Waals surface area contributed by atoms with Crippen LogP contribution in [-0.4, -0.2) is 45.6 Å². The predicted octanol–water partition coefficient (Wildman–Crippen LogP) is 0.564. The van der Waals surface area contributed by atoms with Crippen LogP contribution in [0.2, 0.25) is 0 Å². The number of rotatable bonds is 9. The van der Waals surface area contributed by atoms with Crippen molar-refractivity contribution in [3.63, 3.8) is 0 Å². The molecule has 0 aromatic rings. The monoisotopic (exact) mass is 263 g/mol. The fraction of sp³-hybridized carbons (Fsp3) is 0.700. The van der Waals surface area contributed by atoms with E-state index in [-0.39, 0.29) is 5.75 Å². The highest BCUT2D eigenvalue weighted by atomic mass is 32.2. The molecule has 0 fully saturated rings. The molecular weight excluding hydrogens is 246 g/mol. The molecular formula is C10H17NO5S. The topological polar surface area (TPSA) is 104 Å². The Labute approximate surface area is 104 Å². The normalized spacial score (nSPS) is 11.8. The van der Waals surface area contributed by atoms with Crippen LogP contribution in [0.3, 0.4) is 0 Å². The van der Waals surface area contributed by atoms with E-state index in [1.165, 1.54) is 11.8 Å². The maximum Gasteiger partial charge on any atom is 0.326 e. The number of carbonyl (C=O) groups is 3. The van der Waals surface area contributed by atoms with E-state index < -0.39 is 30.3 Å². The van der Waals surface area contributed by atoms with E-state index in [1.54, 1.807) is 0 Å². The summed E-state index contributed by atoms with van der Waals surface area (Å²) in [5, 5.41) is 19.4. The average Bonchev–Trinajstić information content (AvgIpc) is 2.22. The third-order valence-corrected chi connectivity index (χ3v) is 2.93. The molecule has 1 amide bonds. The largest absolute Gasteiger partial charge is 0.481 e. The van der Waals surface area contributed by atoms with Gasteiger partial charge in [-0.2, -0.15) is 11.8 Å². The lowest BCUT2D eigenvalue weighted by Crippen LogP contribution is -2.43. The van der Waals surface area contributed by atoms with Crippen molar-refractivity contribution in [3.8, 4) is 0 Å². The zero-order valence-corrected chi connectivity index (χ0v) is 10.5. The lowest BCUT2D eigenvalue weighted by atomic mass is 10.2. The van der Waals surface area contributed by atoms with E-state index in [0.29, 0.717) is 0 Å². The first-order chi connectivity index (χ1) is 7.97. The first-order valence-electron chi connectivity index (χ1n) is 5.29. The summed E-state index contributed by atoms with van der Waals surface area (Å²) in [6.45, 7) is 2.04. The third-order valence-electron chi connectivity index (χ3n) is 1.89. The fourth-order valence-electron chi connectivity index (χ4n) is 1.02. The Hall–Kier alpha value is -1.24. The minimum Gasteiger partial charge on any atom is -0.481 e. The van der Waals surface area contributed by atoms with Crippen LogP contribution in [0.5, 0.6) is 0 Å². The molecule has 0 saturated heterocycles. The number of carbonyl (C=O) groups excluding carboxylic acids is 1. The lowest BCUT2D eigenvalue weighted by molar-refractivity contribution is -0.147. The van der Waals surface area contributed by atoms with Crippen molar-refractivity contribution < 1.29 is 24.6 Å². The summed E-state index contributed by atoms with van der Waals surface area (Å²) in [5.41, 5.74) is 0. The second-order valence-electron chi connectivity index (χ2n) is 3.46. The number of carboxylic acids is 2. The Morgan fingerprint density at radius 3 is 2.41 bits per heavy atom. The first-order valence-corrected chi connectivity index (χ1v) is 6.44. The second kappa shape index (κ2) is 8.86. The standard InChI is InChI=1S/C10H17NO5S/c1-2-3-4-17-6-8(12)11-7(10(15)16)5-9(13)14/h7H,2-6H2,1H3,(H,11,12)(H,13,14)(H,15,16). The van der Waals surface area contributed by atoms with Gasteiger partial charge in [0.05, 0.1) is 12.2 Å². The Morgan fingerprint density at radius 2 is 1.94 bits per heavy atom. The molecule has 0 aliphatic carbocycles. The molecule has 0 aliphatic heterocycles. The van der Waals surface area contributed by atoms with Gasteiger partial charge in [-0.05, 0) is 12.2 Å². The number of unbranched alkanes of at least 4 members (excludes halogenated alkanes) is 1. The summed E-state index contributed by atoms with van der Waals surface area (Å²) >= 11 is 1.41. The van der Waals surface area contributed by atoms with Crippen molar-refractivity contribution in [2.24, 2.45) is 0 Å². The number of hydrogen-bond acceptors (Lipinski definition) is 4. The molecule has 0 bridgehead atoms. The Kier molecular flexibility index (Phi) is 8.21. The average molecular weight is 263 g/mol. The molecule has 6 nitrogen and oxygen atoms in total. The highest BCUT2D eigenvalue weighted by Gasteiger charge is 2.22. The third kappa shape index (κ3) is 8.56. The van der Waals surface area contributed by atoms with Crippen LogP contribution in [-0.2, 0) is 14.4 Å². The van der Waals surface area contributed by atoms with Crippen LogP contribution >= 0.6 is 11.8 Å². The molecule has 1 unspecified atom stereocenters. The molecule has 0 radical (unpaired) electrons. The van der Waals surface area contributed by atoms with Crippen LogP contribution in [0.15, 0.2) is 0 Å². The number of carboxylic acid groups (broad SMARTS) is 2. The van der Waals surface area contributed by atoms with E-state index in [1.807, 2.05) is 6.92 Å². The number of thioether (sulfide) groups is 1. The molecule has 17 heavy (non-hydrogen) atoms. The molecule has 0 heterocycles. The van der Waals surface area contributed by atoms with Gasteiger partial charge in [-0.15, -0.1) is 0 Å². The molecule has 7 heteroatoms. The van der Waals surface area contributed by atoms with Gasteiger partial charge in [0.2, 0.25) is 5.91 Å². The highest BCUT2D eigenvalue weighted by molar-refractivity contribution is 7.99. The van der Waals surface area contributed by atoms with Crippen molar-refractivity contribution >= 4 is 29.6 Å². The van der Waals surface area contributed by atoms with Crippen molar-refractivity contribution in [1.29, 1.82) is 0 Å². The Morgan fingerprint density at radius 1 is 1.29 bits per heavy atom. The maximum atomic E-state index is 11.3. The van der Waals surface area contributed by atoms with Gasteiger partial charge in [0, 0.05) is 0 Å². The van der Waals surface area contributed by atoms with Crippen molar-refractivity contribution in [1.82, 2.24) is 5.32 Å². The van der Waals surface area contributed by atoms with E-state index in [9.17, 15) is 14.4 Å². The SMILES string of the molecule is CCCCSCC(=O)NC(CC(=O)O)C(=O)O. The molecule has 0 aromatic carbocycles. The van der Waals surface area contributed by atoms with Crippen LogP contribution < -0.4 is 5.32 Å². The van der Waals surface area contributed by atoms with Gasteiger partial charge in [0.1, 0.15) is 6.04 Å². The summed E-state index contributed by atoms with van der Waals surface area (Å²) < 4.78 is 0. The van der Waals surface area contributed by atoms with Crippen LogP contribution in [0, 0.1) is 0 Å². The fourth-order valence-corrected chi connectivity index (χ4v) is 1.93. The van der Waals surface area contributed by atoms with Crippen molar-refractivity contribution in [3.05, 3.63) is 0 Å². The lowest BCUT2D eigenvalue weighted by Gasteiger charge is -2.11. The van der Waals surface area contributed by atoms with Crippen LogP contribution in [0.25, 0.3) is 0 Å². The summed E-state index contributed by atoms with van der Waals surface area (Å²) in [6.07, 6.45) is 1.42.